The van der Waals surface area contributed by atoms with Gasteiger partial charge < -0.3 is 20.1 Å². The molecule has 108 valence electrons. The third kappa shape index (κ3) is 5.09. The molecular formula is C15H26N2O2. The summed E-state index contributed by atoms with van der Waals surface area (Å²) in [5.41, 5.74) is 0.900. The van der Waals surface area contributed by atoms with Crippen molar-refractivity contribution in [3.8, 4) is 11.5 Å². The molecule has 2 N–H and O–H groups in total. The van der Waals surface area contributed by atoms with E-state index >= 15 is 0 Å². The molecule has 0 fully saturated rings. The minimum atomic E-state index is 0.114. The number of phenols is 1. The minimum Gasteiger partial charge on any atom is -0.507 e. The van der Waals surface area contributed by atoms with Crippen LogP contribution in [-0.2, 0) is 0 Å². The molecule has 0 heterocycles. The summed E-state index contributed by atoms with van der Waals surface area (Å²) in [4.78, 5) is 2.17. The van der Waals surface area contributed by atoms with Gasteiger partial charge in [0.2, 0.25) is 0 Å². The highest BCUT2D eigenvalue weighted by molar-refractivity contribution is 5.41. The number of rotatable bonds is 7. The number of aromatic hydroxyl groups is 1. The quantitative estimate of drug-likeness (QED) is 0.795. The van der Waals surface area contributed by atoms with Crippen LogP contribution in [0.2, 0.25) is 0 Å². The summed E-state index contributed by atoms with van der Waals surface area (Å²) in [6, 6.07) is 5.95. The summed E-state index contributed by atoms with van der Waals surface area (Å²) >= 11 is 0. The first-order chi connectivity index (χ1) is 8.93. The van der Waals surface area contributed by atoms with Crippen LogP contribution in [0.5, 0.6) is 11.5 Å². The maximum absolute atomic E-state index is 10.00. The first kappa shape index (κ1) is 15.8. The van der Waals surface area contributed by atoms with Crippen molar-refractivity contribution in [2.24, 2.45) is 0 Å². The van der Waals surface area contributed by atoms with E-state index in [1.165, 1.54) is 0 Å². The zero-order valence-corrected chi connectivity index (χ0v) is 12.6. The first-order valence-electron chi connectivity index (χ1n) is 6.71. The fourth-order valence-corrected chi connectivity index (χ4v) is 2.07. The molecule has 0 bridgehead atoms. The van der Waals surface area contributed by atoms with Crippen molar-refractivity contribution < 1.29 is 9.84 Å². The van der Waals surface area contributed by atoms with E-state index < -0.39 is 0 Å². The molecule has 1 aromatic rings. The smallest absolute Gasteiger partial charge is 0.124 e. The molecular weight excluding hydrogens is 240 g/mol. The van der Waals surface area contributed by atoms with Gasteiger partial charge in [0.25, 0.3) is 0 Å². The van der Waals surface area contributed by atoms with Crippen LogP contribution < -0.4 is 10.1 Å². The SMILES string of the molecule is COc1ccc(C(C)NC(C)CCN(C)C)c(O)c1. The van der Waals surface area contributed by atoms with E-state index in [2.05, 4.69) is 38.2 Å². The summed E-state index contributed by atoms with van der Waals surface area (Å²) in [6.07, 6.45) is 1.08. The van der Waals surface area contributed by atoms with E-state index in [4.69, 9.17) is 4.74 Å². The maximum atomic E-state index is 10.00. The summed E-state index contributed by atoms with van der Waals surface area (Å²) in [6.45, 7) is 5.28. The zero-order valence-electron chi connectivity index (χ0n) is 12.6. The number of nitrogens with one attached hydrogen (secondary N) is 1. The predicted octanol–water partition coefficient (Wildman–Crippen LogP) is 2.39. The van der Waals surface area contributed by atoms with E-state index in [1.54, 1.807) is 13.2 Å². The van der Waals surface area contributed by atoms with Crippen LogP contribution in [0, 0.1) is 0 Å². The van der Waals surface area contributed by atoms with Gasteiger partial charge in [0, 0.05) is 23.7 Å². The lowest BCUT2D eigenvalue weighted by molar-refractivity contribution is 0.351. The van der Waals surface area contributed by atoms with Crippen LogP contribution in [0.4, 0.5) is 0 Å². The lowest BCUT2D eigenvalue weighted by Gasteiger charge is -2.22. The monoisotopic (exact) mass is 266 g/mol. The Morgan fingerprint density at radius 2 is 2.00 bits per heavy atom. The van der Waals surface area contributed by atoms with Crippen molar-refractivity contribution in [2.75, 3.05) is 27.7 Å². The van der Waals surface area contributed by atoms with Crippen molar-refractivity contribution >= 4 is 0 Å². The Bertz CT molecular complexity index is 394. The molecule has 1 rings (SSSR count). The van der Waals surface area contributed by atoms with Crippen LogP contribution in [0.3, 0.4) is 0 Å². The van der Waals surface area contributed by atoms with Crippen molar-refractivity contribution in [2.45, 2.75) is 32.4 Å². The average molecular weight is 266 g/mol. The zero-order chi connectivity index (χ0) is 14.4. The van der Waals surface area contributed by atoms with Gasteiger partial charge in [-0.05, 0) is 47.0 Å². The normalized spacial score (nSPS) is 14.4. The topological polar surface area (TPSA) is 44.7 Å². The Morgan fingerprint density at radius 1 is 1.32 bits per heavy atom. The fourth-order valence-electron chi connectivity index (χ4n) is 2.07. The Labute approximate surface area is 116 Å². The molecule has 0 amide bonds. The van der Waals surface area contributed by atoms with Crippen molar-refractivity contribution in [1.82, 2.24) is 10.2 Å². The molecule has 2 unspecified atom stereocenters. The third-order valence-electron chi connectivity index (χ3n) is 3.25. The number of nitrogens with zero attached hydrogens (tertiary/aromatic N) is 1. The van der Waals surface area contributed by atoms with E-state index in [-0.39, 0.29) is 11.8 Å². The number of methoxy groups -OCH3 is 1. The Morgan fingerprint density at radius 3 is 2.53 bits per heavy atom. The van der Waals surface area contributed by atoms with Gasteiger partial charge in [-0.3, -0.25) is 0 Å². The summed E-state index contributed by atoms with van der Waals surface area (Å²) in [5, 5.41) is 13.5. The van der Waals surface area contributed by atoms with Crippen LogP contribution >= 0.6 is 0 Å². The number of benzene rings is 1. The highest BCUT2D eigenvalue weighted by Gasteiger charge is 2.13. The molecule has 2 atom stereocenters. The van der Waals surface area contributed by atoms with Gasteiger partial charge in [-0.1, -0.05) is 6.07 Å². The average Bonchev–Trinajstić information content (AvgIpc) is 2.35. The molecule has 0 aliphatic carbocycles. The second kappa shape index (κ2) is 7.36. The van der Waals surface area contributed by atoms with Crippen molar-refractivity contribution in [1.29, 1.82) is 0 Å². The van der Waals surface area contributed by atoms with Crippen molar-refractivity contribution in [3.63, 3.8) is 0 Å². The number of hydrogen-bond donors (Lipinski definition) is 2. The highest BCUT2D eigenvalue weighted by atomic mass is 16.5. The molecule has 0 saturated carbocycles. The van der Waals surface area contributed by atoms with Gasteiger partial charge in [-0.2, -0.15) is 0 Å². The van der Waals surface area contributed by atoms with Crippen LogP contribution in [0.1, 0.15) is 31.9 Å². The molecule has 4 nitrogen and oxygen atoms in total. The summed E-state index contributed by atoms with van der Waals surface area (Å²) in [7, 11) is 5.75. The summed E-state index contributed by atoms with van der Waals surface area (Å²) in [5.74, 6) is 0.952. The molecule has 19 heavy (non-hydrogen) atoms. The van der Waals surface area contributed by atoms with E-state index in [1.807, 2.05) is 12.1 Å². The molecule has 0 aliphatic heterocycles. The van der Waals surface area contributed by atoms with Gasteiger partial charge in [-0.15, -0.1) is 0 Å². The highest BCUT2D eigenvalue weighted by Crippen LogP contribution is 2.28. The molecule has 0 spiro atoms. The molecule has 0 saturated heterocycles. The second-order valence-electron chi connectivity index (χ2n) is 5.31. The molecule has 0 aromatic heterocycles. The van der Waals surface area contributed by atoms with E-state index in [0.29, 0.717) is 11.8 Å². The van der Waals surface area contributed by atoms with E-state index in [0.717, 1.165) is 18.5 Å². The Hall–Kier alpha value is -1.26. The van der Waals surface area contributed by atoms with E-state index in [9.17, 15) is 5.11 Å². The minimum absolute atomic E-state index is 0.114. The van der Waals surface area contributed by atoms with Gasteiger partial charge in [-0.25, -0.2) is 0 Å². The van der Waals surface area contributed by atoms with Crippen LogP contribution in [0.25, 0.3) is 0 Å². The summed E-state index contributed by atoms with van der Waals surface area (Å²) < 4.78 is 5.09. The Balaban J connectivity index is 2.60. The maximum Gasteiger partial charge on any atom is 0.124 e. The Kier molecular flexibility index (Phi) is 6.12. The second-order valence-corrected chi connectivity index (χ2v) is 5.31. The first-order valence-corrected chi connectivity index (χ1v) is 6.71. The van der Waals surface area contributed by atoms with Gasteiger partial charge in [0.1, 0.15) is 11.5 Å². The third-order valence-corrected chi connectivity index (χ3v) is 3.25. The largest absolute Gasteiger partial charge is 0.507 e. The fraction of sp³-hybridized carbons (Fsp3) is 0.600. The standard InChI is InChI=1S/C15H26N2O2/c1-11(8-9-17(3)4)16-12(2)14-7-6-13(19-5)10-15(14)18/h6-7,10-12,16,18H,8-9H2,1-5H3. The molecule has 0 aliphatic rings. The number of phenolic OH excluding ortho intramolecular Hbond substituents is 1. The number of ether oxygens (including phenoxy) is 1. The number of hydrogen-bond acceptors (Lipinski definition) is 4. The molecule has 1 aromatic carbocycles. The van der Waals surface area contributed by atoms with Gasteiger partial charge >= 0.3 is 0 Å². The lowest BCUT2D eigenvalue weighted by atomic mass is 10.1. The van der Waals surface area contributed by atoms with Gasteiger partial charge in [0.15, 0.2) is 0 Å². The molecule has 0 radical (unpaired) electrons. The lowest BCUT2D eigenvalue weighted by Crippen LogP contribution is -2.31. The van der Waals surface area contributed by atoms with Crippen LogP contribution in [-0.4, -0.2) is 43.8 Å². The van der Waals surface area contributed by atoms with Gasteiger partial charge in [0.05, 0.1) is 7.11 Å². The molecule has 4 heteroatoms. The van der Waals surface area contributed by atoms with Crippen LogP contribution in [0.15, 0.2) is 18.2 Å². The predicted molar refractivity (Wildman–Crippen MR) is 78.8 cm³/mol. The van der Waals surface area contributed by atoms with Crippen molar-refractivity contribution in [3.05, 3.63) is 23.8 Å².